The highest BCUT2D eigenvalue weighted by atomic mass is 16.6. The number of carbonyl (C=O) groups excluding carboxylic acids is 2. The molecule has 2 heterocycles. The molecule has 1 unspecified atom stereocenters. The number of ketones is 1. The summed E-state index contributed by atoms with van der Waals surface area (Å²) in [5, 5.41) is 21.9. The molecule has 1 aliphatic heterocycles. The number of non-ortho nitro benzene ring substituents is 1. The number of likely N-dealkylation sites (tertiary alicyclic amines) is 1. The number of aliphatic hydroxyl groups excluding tert-OH is 1. The fourth-order valence-corrected chi connectivity index (χ4v) is 3.21. The van der Waals surface area contributed by atoms with E-state index in [1.807, 2.05) is 6.92 Å². The first kappa shape index (κ1) is 19.2. The van der Waals surface area contributed by atoms with Gasteiger partial charge in [-0.15, -0.1) is 0 Å². The third-order valence-corrected chi connectivity index (χ3v) is 4.59. The maximum Gasteiger partial charge on any atom is 0.295 e. The van der Waals surface area contributed by atoms with E-state index < -0.39 is 28.4 Å². The molecule has 144 valence electrons. The SMILES string of the molecule is CCCCN1C(=O)C(=O)/C(=C(\O)c2cccc([N+](=O)[O-])c2)C1c1ccccn1. The van der Waals surface area contributed by atoms with Gasteiger partial charge in [0.05, 0.1) is 16.2 Å². The van der Waals surface area contributed by atoms with Gasteiger partial charge in [-0.3, -0.25) is 24.7 Å². The number of nitrogens with zero attached hydrogens (tertiary/aromatic N) is 3. The van der Waals surface area contributed by atoms with Crippen LogP contribution in [0.1, 0.15) is 37.1 Å². The first-order valence-corrected chi connectivity index (χ1v) is 8.89. The first-order valence-electron chi connectivity index (χ1n) is 8.89. The Morgan fingerprint density at radius 2 is 2.04 bits per heavy atom. The average molecular weight is 381 g/mol. The molecule has 1 aromatic heterocycles. The summed E-state index contributed by atoms with van der Waals surface area (Å²) in [6.07, 6.45) is 3.05. The van der Waals surface area contributed by atoms with Gasteiger partial charge in [0.1, 0.15) is 11.8 Å². The van der Waals surface area contributed by atoms with Crippen molar-refractivity contribution in [3.05, 3.63) is 75.6 Å². The number of rotatable bonds is 6. The van der Waals surface area contributed by atoms with Gasteiger partial charge in [0, 0.05) is 30.4 Å². The summed E-state index contributed by atoms with van der Waals surface area (Å²) in [6.45, 7) is 2.31. The standard InChI is InChI=1S/C20H19N3O5/c1-2-3-11-22-17(15-9-4-5-10-21-15)16(19(25)20(22)26)18(24)13-7-6-8-14(12-13)23(27)28/h4-10,12,17,24H,2-3,11H2,1H3/b18-16-. The van der Waals surface area contributed by atoms with Crippen molar-refractivity contribution in [3.8, 4) is 0 Å². The molecule has 1 aliphatic rings. The van der Waals surface area contributed by atoms with Crippen LogP contribution in [0, 0.1) is 10.1 Å². The minimum Gasteiger partial charge on any atom is -0.507 e. The lowest BCUT2D eigenvalue weighted by Gasteiger charge is -2.24. The molecule has 28 heavy (non-hydrogen) atoms. The van der Waals surface area contributed by atoms with E-state index in [9.17, 15) is 24.8 Å². The first-order chi connectivity index (χ1) is 13.5. The van der Waals surface area contributed by atoms with Crippen LogP contribution in [0.4, 0.5) is 5.69 Å². The summed E-state index contributed by atoms with van der Waals surface area (Å²) in [6, 6.07) is 9.60. The molecule has 0 bridgehead atoms. The summed E-state index contributed by atoms with van der Waals surface area (Å²) in [7, 11) is 0. The highest BCUT2D eigenvalue weighted by Crippen LogP contribution is 2.39. The Morgan fingerprint density at radius 3 is 2.68 bits per heavy atom. The summed E-state index contributed by atoms with van der Waals surface area (Å²) < 4.78 is 0. The molecule has 0 radical (unpaired) electrons. The number of hydrogen-bond acceptors (Lipinski definition) is 6. The number of Topliss-reactive ketones (excluding diaryl/α,β-unsaturated/α-hetero) is 1. The second-order valence-electron chi connectivity index (χ2n) is 6.41. The monoisotopic (exact) mass is 381 g/mol. The Morgan fingerprint density at radius 1 is 1.25 bits per heavy atom. The number of pyridine rings is 1. The van der Waals surface area contributed by atoms with E-state index in [-0.39, 0.29) is 16.8 Å². The summed E-state index contributed by atoms with van der Waals surface area (Å²) in [5.74, 6) is -1.98. The summed E-state index contributed by atoms with van der Waals surface area (Å²) in [5.41, 5.74) is 0.215. The van der Waals surface area contributed by atoms with Gasteiger partial charge in [0.15, 0.2) is 0 Å². The minimum absolute atomic E-state index is 0.101. The van der Waals surface area contributed by atoms with Crippen LogP contribution in [0.5, 0.6) is 0 Å². The van der Waals surface area contributed by atoms with Crippen molar-refractivity contribution in [2.24, 2.45) is 0 Å². The third-order valence-electron chi connectivity index (χ3n) is 4.59. The Balaban J connectivity index is 2.16. The normalized spacial score (nSPS) is 18.5. The number of nitro groups is 1. The molecular formula is C20H19N3O5. The van der Waals surface area contributed by atoms with Crippen molar-refractivity contribution >= 4 is 23.1 Å². The summed E-state index contributed by atoms with van der Waals surface area (Å²) in [4.78, 5) is 41.4. The number of carbonyl (C=O) groups is 2. The molecule has 2 aromatic rings. The van der Waals surface area contributed by atoms with Gasteiger partial charge in [-0.1, -0.05) is 31.5 Å². The Hall–Kier alpha value is -3.55. The lowest BCUT2D eigenvalue weighted by atomic mass is 9.98. The lowest BCUT2D eigenvalue weighted by Crippen LogP contribution is -2.31. The third kappa shape index (κ3) is 3.48. The zero-order chi connectivity index (χ0) is 20.3. The van der Waals surface area contributed by atoms with Gasteiger partial charge in [0.2, 0.25) is 0 Å². The molecular weight excluding hydrogens is 362 g/mol. The predicted molar refractivity (Wildman–Crippen MR) is 101 cm³/mol. The zero-order valence-electron chi connectivity index (χ0n) is 15.2. The van der Waals surface area contributed by atoms with Crippen molar-refractivity contribution in [3.63, 3.8) is 0 Å². The number of benzene rings is 1. The second kappa shape index (κ2) is 7.99. The van der Waals surface area contributed by atoms with Gasteiger partial charge in [-0.2, -0.15) is 0 Å². The average Bonchev–Trinajstić information content (AvgIpc) is 2.97. The number of aromatic nitrogens is 1. The van der Waals surface area contributed by atoms with Crippen LogP contribution in [-0.2, 0) is 9.59 Å². The van der Waals surface area contributed by atoms with E-state index in [1.165, 1.54) is 29.2 Å². The fraction of sp³-hybridized carbons (Fsp3) is 0.250. The van der Waals surface area contributed by atoms with E-state index in [4.69, 9.17) is 0 Å². The maximum atomic E-state index is 12.7. The molecule has 0 saturated carbocycles. The van der Waals surface area contributed by atoms with Crippen molar-refractivity contribution in [1.82, 2.24) is 9.88 Å². The molecule has 1 aromatic carbocycles. The van der Waals surface area contributed by atoms with E-state index in [1.54, 1.807) is 24.4 Å². The van der Waals surface area contributed by atoms with Crippen LogP contribution >= 0.6 is 0 Å². The number of aliphatic hydroxyl groups is 1. The number of unbranched alkanes of at least 4 members (excludes halogenated alkanes) is 1. The van der Waals surface area contributed by atoms with Gasteiger partial charge in [-0.05, 0) is 18.6 Å². The van der Waals surface area contributed by atoms with Gasteiger partial charge in [-0.25, -0.2) is 0 Å². The molecule has 1 saturated heterocycles. The predicted octanol–water partition coefficient (Wildman–Crippen LogP) is 3.21. The highest BCUT2D eigenvalue weighted by Gasteiger charge is 2.46. The van der Waals surface area contributed by atoms with Crippen LogP contribution in [-0.4, -0.2) is 38.1 Å². The largest absolute Gasteiger partial charge is 0.507 e. The molecule has 0 spiro atoms. The van der Waals surface area contributed by atoms with Gasteiger partial charge in [0.25, 0.3) is 17.4 Å². The highest BCUT2D eigenvalue weighted by molar-refractivity contribution is 6.46. The minimum atomic E-state index is -0.841. The van der Waals surface area contributed by atoms with Crippen molar-refractivity contribution < 1.29 is 19.6 Å². The van der Waals surface area contributed by atoms with Crippen molar-refractivity contribution in [1.29, 1.82) is 0 Å². The zero-order valence-corrected chi connectivity index (χ0v) is 15.2. The molecule has 3 rings (SSSR count). The number of nitro benzene ring substituents is 1. The molecule has 1 amide bonds. The van der Waals surface area contributed by atoms with Crippen LogP contribution in [0.25, 0.3) is 5.76 Å². The van der Waals surface area contributed by atoms with Crippen LogP contribution in [0.3, 0.4) is 0 Å². The Bertz CT molecular complexity index is 955. The molecule has 1 atom stereocenters. The lowest BCUT2D eigenvalue weighted by molar-refractivity contribution is -0.384. The fourth-order valence-electron chi connectivity index (χ4n) is 3.21. The molecule has 1 N–H and O–H groups in total. The Labute approximate surface area is 161 Å². The van der Waals surface area contributed by atoms with E-state index >= 15 is 0 Å². The van der Waals surface area contributed by atoms with Crippen LogP contribution < -0.4 is 0 Å². The second-order valence-corrected chi connectivity index (χ2v) is 6.41. The summed E-state index contributed by atoms with van der Waals surface area (Å²) >= 11 is 0. The molecule has 8 heteroatoms. The van der Waals surface area contributed by atoms with E-state index in [0.717, 1.165) is 6.42 Å². The molecule has 0 aliphatic carbocycles. The number of amides is 1. The molecule has 8 nitrogen and oxygen atoms in total. The van der Waals surface area contributed by atoms with Crippen molar-refractivity contribution in [2.45, 2.75) is 25.8 Å². The number of hydrogen-bond donors (Lipinski definition) is 1. The maximum absolute atomic E-state index is 12.7. The topological polar surface area (TPSA) is 114 Å². The smallest absolute Gasteiger partial charge is 0.295 e. The van der Waals surface area contributed by atoms with Gasteiger partial charge >= 0.3 is 0 Å². The van der Waals surface area contributed by atoms with Gasteiger partial charge < -0.3 is 10.0 Å². The quantitative estimate of drug-likeness (QED) is 0.270. The van der Waals surface area contributed by atoms with Crippen LogP contribution in [0.15, 0.2) is 54.2 Å². The van der Waals surface area contributed by atoms with E-state index in [0.29, 0.717) is 18.7 Å². The molecule has 1 fully saturated rings. The Kier molecular flexibility index (Phi) is 5.49. The van der Waals surface area contributed by atoms with E-state index in [2.05, 4.69) is 4.98 Å². The van der Waals surface area contributed by atoms with Crippen LogP contribution in [0.2, 0.25) is 0 Å². The van der Waals surface area contributed by atoms with Crippen molar-refractivity contribution in [2.75, 3.05) is 6.54 Å².